The molecule has 5 aliphatic carbocycles. The van der Waals surface area contributed by atoms with Gasteiger partial charge in [-0.3, -0.25) is 0 Å². The van der Waals surface area contributed by atoms with Gasteiger partial charge in [-0.15, -0.1) is 0 Å². The summed E-state index contributed by atoms with van der Waals surface area (Å²) < 4.78 is 6.17. The van der Waals surface area contributed by atoms with Crippen molar-refractivity contribution in [1.82, 2.24) is 0 Å². The van der Waals surface area contributed by atoms with Gasteiger partial charge in [0.1, 0.15) is 0 Å². The smallest absolute Gasteiger partial charge is 0.0648 e. The summed E-state index contributed by atoms with van der Waals surface area (Å²) in [4.78, 5) is 0. The lowest BCUT2D eigenvalue weighted by Gasteiger charge is -2.43. The van der Waals surface area contributed by atoms with E-state index in [9.17, 15) is 0 Å². The summed E-state index contributed by atoms with van der Waals surface area (Å²) in [6, 6.07) is 0. The van der Waals surface area contributed by atoms with E-state index in [-0.39, 0.29) is 0 Å². The van der Waals surface area contributed by atoms with Crippen molar-refractivity contribution in [2.75, 3.05) is 0 Å². The second-order valence-corrected chi connectivity index (χ2v) is 6.09. The predicted molar refractivity (Wildman–Crippen MR) is 41.2 cm³/mol. The zero-order valence-corrected chi connectivity index (χ0v) is 6.89. The van der Waals surface area contributed by atoms with Crippen molar-refractivity contribution < 1.29 is 4.74 Å². The topological polar surface area (TPSA) is 9.23 Å². The fourth-order valence-corrected chi connectivity index (χ4v) is 6.91. The van der Waals surface area contributed by atoms with Crippen molar-refractivity contribution in [3.8, 4) is 0 Å². The quantitative estimate of drug-likeness (QED) is 0.516. The lowest BCUT2D eigenvalue weighted by atomic mass is 9.60. The van der Waals surface area contributed by atoms with Crippen molar-refractivity contribution in [2.45, 2.75) is 18.6 Å². The van der Waals surface area contributed by atoms with Crippen LogP contribution in [0.1, 0.15) is 6.42 Å². The molecule has 10 atom stereocenters. The molecule has 0 N–H and O–H groups in total. The number of rotatable bonds is 0. The Morgan fingerprint density at radius 1 is 0.667 bits per heavy atom. The van der Waals surface area contributed by atoms with E-state index in [4.69, 9.17) is 4.74 Å². The molecular formula is C11H12O. The minimum absolute atomic E-state index is 0.781. The number of ether oxygens (including phenoxy) is 1. The molecule has 2 saturated heterocycles. The Kier molecular flexibility index (Phi) is 0.443. The maximum Gasteiger partial charge on any atom is 0.0648 e. The van der Waals surface area contributed by atoms with Crippen LogP contribution in [-0.2, 0) is 4.74 Å². The van der Waals surface area contributed by atoms with E-state index in [1.165, 1.54) is 11.8 Å². The van der Waals surface area contributed by atoms with Crippen LogP contribution in [0.25, 0.3) is 0 Å². The lowest BCUT2D eigenvalue weighted by molar-refractivity contribution is 0.0368. The molecule has 0 radical (unpaired) electrons. The molecule has 0 aromatic carbocycles. The van der Waals surface area contributed by atoms with Gasteiger partial charge in [0.15, 0.2) is 0 Å². The summed E-state index contributed by atoms with van der Waals surface area (Å²) in [5.74, 6) is 8.98. The Morgan fingerprint density at radius 2 is 1.25 bits per heavy atom. The van der Waals surface area contributed by atoms with E-state index < -0.39 is 0 Å². The van der Waals surface area contributed by atoms with E-state index in [0.717, 1.165) is 47.7 Å². The summed E-state index contributed by atoms with van der Waals surface area (Å²) in [5, 5.41) is 0. The molecule has 7 fully saturated rings. The van der Waals surface area contributed by atoms with Gasteiger partial charge in [-0.25, -0.2) is 0 Å². The first-order valence-corrected chi connectivity index (χ1v) is 5.62. The molecule has 4 bridgehead atoms. The van der Waals surface area contributed by atoms with Crippen LogP contribution in [0.3, 0.4) is 0 Å². The molecule has 2 heterocycles. The van der Waals surface area contributed by atoms with E-state index in [1.54, 1.807) is 6.42 Å². The van der Waals surface area contributed by atoms with Crippen LogP contribution in [-0.4, -0.2) is 12.2 Å². The number of hydrogen-bond acceptors (Lipinski definition) is 1. The van der Waals surface area contributed by atoms with E-state index in [0.29, 0.717) is 0 Å². The zero-order chi connectivity index (χ0) is 7.19. The second-order valence-electron chi connectivity index (χ2n) is 6.09. The highest BCUT2D eigenvalue weighted by molar-refractivity contribution is 5.34. The molecule has 0 spiro atoms. The molecule has 62 valence electrons. The highest BCUT2D eigenvalue weighted by Crippen LogP contribution is 2.87. The monoisotopic (exact) mass is 160 g/mol. The molecule has 12 heavy (non-hydrogen) atoms. The van der Waals surface area contributed by atoms with Gasteiger partial charge in [0.25, 0.3) is 0 Å². The minimum atomic E-state index is 0.781. The van der Waals surface area contributed by atoms with E-state index in [1.807, 2.05) is 0 Å². The molecule has 0 aromatic rings. The fraction of sp³-hybridized carbons (Fsp3) is 1.00. The van der Waals surface area contributed by atoms with Crippen LogP contribution in [0.5, 0.6) is 0 Å². The fourth-order valence-electron chi connectivity index (χ4n) is 6.91. The molecular weight excluding hydrogens is 148 g/mol. The third kappa shape index (κ3) is 0.222. The van der Waals surface area contributed by atoms with Gasteiger partial charge in [0, 0.05) is 0 Å². The Balaban J connectivity index is 1.86. The molecule has 7 aliphatic rings. The number of hydrogen-bond donors (Lipinski definition) is 0. The van der Waals surface area contributed by atoms with Gasteiger partial charge in [-0.1, -0.05) is 0 Å². The molecule has 1 nitrogen and oxygen atoms in total. The van der Waals surface area contributed by atoms with E-state index >= 15 is 0 Å². The maximum atomic E-state index is 6.17. The van der Waals surface area contributed by atoms with Crippen LogP contribution in [0.2, 0.25) is 0 Å². The Labute approximate surface area is 71.5 Å². The summed E-state index contributed by atoms with van der Waals surface area (Å²) in [6.07, 6.45) is 3.18. The molecule has 5 saturated carbocycles. The van der Waals surface area contributed by atoms with Crippen LogP contribution < -0.4 is 0 Å². The summed E-state index contributed by atoms with van der Waals surface area (Å²) in [6.45, 7) is 0. The molecule has 1 heteroatoms. The molecule has 0 unspecified atom stereocenters. The van der Waals surface area contributed by atoms with Crippen molar-refractivity contribution in [3.63, 3.8) is 0 Å². The van der Waals surface area contributed by atoms with Gasteiger partial charge in [0.05, 0.1) is 12.2 Å². The summed E-state index contributed by atoms with van der Waals surface area (Å²) >= 11 is 0. The molecule has 2 aliphatic heterocycles. The van der Waals surface area contributed by atoms with Gasteiger partial charge in [-0.05, 0) is 53.8 Å². The average Bonchev–Trinajstić information content (AvgIpc) is 2.51. The Bertz CT molecular complexity index is 246. The van der Waals surface area contributed by atoms with Crippen molar-refractivity contribution in [1.29, 1.82) is 0 Å². The zero-order valence-electron chi connectivity index (χ0n) is 6.89. The molecule has 7 rings (SSSR count). The highest BCUT2D eigenvalue weighted by Gasteiger charge is 2.87. The van der Waals surface area contributed by atoms with Crippen molar-refractivity contribution in [3.05, 3.63) is 0 Å². The Morgan fingerprint density at radius 3 is 1.83 bits per heavy atom. The predicted octanol–water partition coefficient (Wildman–Crippen LogP) is 1.14. The first kappa shape index (κ1) is 4.99. The second kappa shape index (κ2) is 1.06. The maximum absolute atomic E-state index is 6.17. The summed E-state index contributed by atoms with van der Waals surface area (Å²) in [5.41, 5.74) is 0. The third-order valence-electron chi connectivity index (χ3n) is 6.58. The SMILES string of the molecule is C1[C@@H]2[C@@H]3[C@H]4[C@@H]1[C@H]1[C@@H]5O[C@@H]([C@H]3[C@H]54)[C@@H]21. The first-order chi connectivity index (χ1) is 5.97. The highest BCUT2D eigenvalue weighted by atomic mass is 16.5. The van der Waals surface area contributed by atoms with E-state index in [2.05, 4.69) is 0 Å². The first-order valence-electron chi connectivity index (χ1n) is 5.62. The minimum Gasteiger partial charge on any atom is -0.374 e. The van der Waals surface area contributed by atoms with Crippen LogP contribution in [0.4, 0.5) is 0 Å². The van der Waals surface area contributed by atoms with Gasteiger partial charge in [0.2, 0.25) is 0 Å². The summed E-state index contributed by atoms with van der Waals surface area (Å²) in [7, 11) is 0. The van der Waals surface area contributed by atoms with Gasteiger partial charge in [-0.2, -0.15) is 0 Å². The average molecular weight is 160 g/mol. The molecule has 0 aromatic heterocycles. The Hall–Kier alpha value is -0.0400. The van der Waals surface area contributed by atoms with Crippen LogP contribution in [0.15, 0.2) is 0 Å². The third-order valence-corrected chi connectivity index (χ3v) is 6.58. The largest absolute Gasteiger partial charge is 0.374 e. The van der Waals surface area contributed by atoms with Crippen LogP contribution >= 0.6 is 0 Å². The molecule has 0 amide bonds. The van der Waals surface area contributed by atoms with Gasteiger partial charge >= 0.3 is 0 Å². The van der Waals surface area contributed by atoms with Crippen molar-refractivity contribution >= 4 is 0 Å². The standard InChI is InChI=1S/C11H12O/c1-2-4-5-3(1)7-6(2)10-8(4)9(5)11(7)12-10/h2-11H,1H2/t2-,3-,4-,5-,6-,7+,8-,9-,10+,11-/m1/s1. The van der Waals surface area contributed by atoms with Crippen LogP contribution in [0, 0.1) is 47.3 Å². The van der Waals surface area contributed by atoms with Crippen molar-refractivity contribution in [2.24, 2.45) is 47.3 Å². The van der Waals surface area contributed by atoms with Gasteiger partial charge < -0.3 is 4.74 Å². The lowest BCUT2D eigenvalue weighted by Crippen LogP contribution is -2.43. The normalized spacial score (nSPS) is 94.0.